The van der Waals surface area contributed by atoms with Gasteiger partial charge in [0.05, 0.1) is 45.6 Å². The van der Waals surface area contributed by atoms with Crippen LogP contribution in [0.4, 0.5) is 0 Å². The van der Waals surface area contributed by atoms with Crippen molar-refractivity contribution >= 4 is 0 Å². The van der Waals surface area contributed by atoms with Crippen molar-refractivity contribution in [2.24, 2.45) is 0 Å². The number of rotatable bonds is 9. The fraction of sp³-hybridized carbons (Fsp3) is 0.333. The lowest BCUT2D eigenvalue weighted by Crippen LogP contribution is -2.09. The summed E-state index contributed by atoms with van der Waals surface area (Å²) >= 11 is 0. The van der Waals surface area contributed by atoms with E-state index in [0.29, 0.717) is 0 Å². The first kappa shape index (κ1) is 21.5. The Morgan fingerprint density at radius 2 is 0.562 bits per heavy atom. The molecule has 162 valence electrons. The molecule has 0 saturated carbocycles. The van der Waals surface area contributed by atoms with Gasteiger partial charge in [0.1, 0.15) is 0 Å². The molecule has 0 amide bonds. The summed E-state index contributed by atoms with van der Waals surface area (Å²) in [5, 5.41) is 0. The van der Waals surface area contributed by atoms with Gasteiger partial charge in [0.25, 0.3) is 0 Å². The van der Waals surface area contributed by atoms with Crippen LogP contribution in [0.1, 0.15) is 45.6 Å². The summed E-state index contributed by atoms with van der Waals surface area (Å²) in [6.45, 7) is 3.97. The standard InChI is InChI=1S/C24H26N8/c1-17-19(27-11-9-25-17)3-5-21-23(31-15-13-29-21)7-8-24-22(30-14-16-32-24)6-4-20-18(2)26-10-12-28-20/h9-16H,3-8H2,1-2H3. The second-order valence-electron chi connectivity index (χ2n) is 7.58. The van der Waals surface area contributed by atoms with Gasteiger partial charge in [0.2, 0.25) is 0 Å². The molecule has 4 aromatic rings. The second kappa shape index (κ2) is 10.6. The average Bonchev–Trinajstić information content (AvgIpc) is 2.83. The van der Waals surface area contributed by atoms with Crippen LogP contribution >= 0.6 is 0 Å². The molecule has 4 heterocycles. The van der Waals surface area contributed by atoms with Crippen LogP contribution in [0.2, 0.25) is 0 Å². The largest absolute Gasteiger partial charge is 0.258 e. The van der Waals surface area contributed by atoms with Gasteiger partial charge in [-0.15, -0.1) is 0 Å². The number of aromatic nitrogens is 8. The van der Waals surface area contributed by atoms with E-state index in [9.17, 15) is 0 Å². The third-order valence-electron chi connectivity index (χ3n) is 5.48. The molecule has 0 fully saturated rings. The molecule has 0 bridgehead atoms. The maximum Gasteiger partial charge on any atom is 0.0622 e. The lowest BCUT2D eigenvalue weighted by atomic mass is 10.0. The van der Waals surface area contributed by atoms with Gasteiger partial charge in [0.15, 0.2) is 0 Å². The summed E-state index contributed by atoms with van der Waals surface area (Å²) in [5.41, 5.74) is 7.90. The maximum absolute atomic E-state index is 4.60. The lowest BCUT2D eigenvalue weighted by molar-refractivity contribution is 0.767. The predicted octanol–water partition coefficient (Wildman–Crippen LogP) is 2.82. The molecule has 8 heteroatoms. The molecule has 0 atom stereocenters. The quantitative estimate of drug-likeness (QED) is 0.402. The minimum Gasteiger partial charge on any atom is -0.258 e. The van der Waals surface area contributed by atoms with Gasteiger partial charge in [-0.05, 0) is 52.4 Å². The van der Waals surface area contributed by atoms with Crippen LogP contribution in [0.15, 0.2) is 49.6 Å². The highest BCUT2D eigenvalue weighted by atomic mass is 14.8. The van der Waals surface area contributed by atoms with E-state index in [1.165, 1.54) is 0 Å². The van der Waals surface area contributed by atoms with Gasteiger partial charge in [0, 0.05) is 49.6 Å². The highest BCUT2D eigenvalue weighted by Crippen LogP contribution is 2.14. The van der Waals surface area contributed by atoms with Crippen LogP contribution in [0.3, 0.4) is 0 Å². The summed E-state index contributed by atoms with van der Waals surface area (Å²) < 4.78 is 0. The lowest BCUT2D eigenvalue weighted by Gasteiger charge is -2.10. The van der Waals surface area contributed by atoms with Crippen molar-refractivity contribution in [1.29, 1.82) is 0 Å². The molecule has 0 aliphatic carbocycles. The number of hydrogen-bond acceptors (Lipinski definition) is 8. The van der Waals surface area contributed by atoms with Crippen molar-refractivity contribution in [3.8, 4) is 0 Å². The van der Waals surface area contributed by atoms with Crippen LogP contribution in [0.5, 0.6) is 0 Å². The Balaban J connectivity index is 1.42. The van der Waals surface area contributed by atoms with E-state index in [1.54, 1.807) is 49.6 Å². The maximum atomic E-state index is 4.60. The van der Waals surface area contributed by atoms with Crippen LogP contribution in [-0.2, 0) is 38.5 Å². The molecule has 0 radical (unpaired) electrons. The van der Waals surface area contributed by atoms with Crippen LogP contribution in [-0.4, -0.2) is 39.9 Å². The molecule has 0 aromatic carbocycles. The van der Waals surface area contributed by atoms with Crippen molar-refractivity contribution in [3.05, 3.63) is 95.1 Å². The average molecular weight is 427 g/mol. The van der Waals surface area contributed by atoms with E-state index in [2.05, 4.69) is 39.9 Å². The summed E-state index contributed by atoms with van der Waals surface area (Å²) in [4.78, 5) is 35.9. The normalized spacial score (nSPS) is 10.9. The van der Waals surface area contributed by atoms with Gasteiger partial charge in [-0.25, -0.2) is 0 Å². The zero-order chi connectivity index (χ0) is 22.2. The highest BCUT2D eigenvalue weighted by Gasteiger charge is 2.12. The molecule has 0 saturated heterocycles. The molecule has 4 aromatic heterocycles. The topological polar surface area (TPSA) is 103 Å². The summed E-state index contributed by atoms with van der Waals surface area (Å²) in [7, 11) is 0. The molecule has 8 nitrogen and oxygen atoms in total. The van der Waals surface area contributed by atoms with Gasteiger partial charge in [-0.1, -0.05) is 0 Å². The van der Waals surface area contributed by atoms with Crippen molar-refractivity contribution in [2.45, 2.75) is 52.4 Å². The molecule has 0 aliphatic rings. The third-order valence-corrected chi connectivity index (χ3v) is 5.48. The van der Waals surface area contributed by atoms with Crippen LogP contribution < -0.4 is 0 Å². The van der Waals surface area contributed by atoms with Crippen molar-refractivity contribution in [3.63, 3.8) is 0 Å². The minimum absolute atomic E-state index is 0.762. The van der Waals surface area contributed by atoms with E-state index in [-0.39, 0.29) is 0 Å². The molecule has 0 N–H and O–H groups in total. The second-order valence-corrected chi connectivity index (χ2v) is 7.58. The Morgan fingerprint density at radius 1 is 0.344 bits per heavy atom. The summed E-state index contributed by atoms with van der Waals surface area (Å²) in [6, 6.07) is 0. The molecule has 4 rings (SSSR count). The van der Waals surface area contributed by atoms with Gasteiger partial charge >= 0.3 is 0 Å². The van der Waals surface area contributed by atoms with Crippen molar-refractivity contribution in [2.75, 3.05) is 0 Å². The fourth-order valence-corrected chi connectivity index (χ4v) is 3.70. The van der Waals surface area contributed by atoms with Crippen molar-refractivity contribution in [1.82, 2.24) is 39.9 Å². The van der Waals surface area contributed by atoms with Gasteiger partial charge in [-0.2, -0.15) is 0 Å². The van der Waals surface area contributed by atoms with E-state index < -0.39 is 0 Å². The Kier molecular flexibility index (Phi) is 7.12. The molecule has 0 unspecified atom stereocenters. The molecule has 0 aliphatic heterocycles. The SMILES string of the molecule is Cc1nccnc1CCc1nccnc1CCc1nccnc1CCc1nccnc1C. The Bertz CT molecular complexity index is 1080. The highest BCUT2D eigenvalue weighted by molar-refractivity contribution is 5.19. The zero-order valence-corrected chi connectivity index (χ0v) is 18.4. The predicted molar refractivity (Wildman–Crippen MR) is 120 cm³/mol. The monoisotopic (exact) mass is 426 g/mol. The Morgan fingerprint density at radius 3 is 0.844 bits per heavy atom. The molecular weight excluding hydrogens is 400 g/mol. The fourth-order valence-electron chi connectivity index (χ4n) is 3.70. The Hall–Kier alpha value is -3.68. The van der Waals surface area contributed by atoms with E-state index in [0.717, 1.165) is 84.1 Å². The third kappa shape index (κ3) is 5.51. The summed E-state index contributed by atoms with van der Waals surface area (Å²) in [5.74, 6) is 0. The zero-order valence-electron chi connectivity index (χ0n) is 18.4. The molecule has 32 heavy (non-hydrogen) atoms. The molecular formula is C24H26N8. The van der Waals surface area contributed by atoms with Gasteiger partial charge in [-0.3, -0.25) is 39.9 Å². The first-order chi connectivity index (χ1) is 15.7. The number of hydrogen-bond donors (Lipinski definition) is 0. The van der Waals surface area contributed by atoms with Crippen LogP contribution in [0.25, 0.3) is 0 Å². The number of aryl methyl sites for hydroxylation is 8. The first-order valence-corrected chi connectivity index (χ1v) is 10.8. The molecule has 0 spiro atoms. The van der Waals surface area contributed by atoms with Gasteiger partial charge < -0.3 is 0 Å². The first-order valence-electron chi connectivity index (χ1n) is 10.8. The number of nitrogens with zero attached hydrogens (tertiary/aromatic N) is 8. The Labute approximate surface area is 187 Å². The van der Waals surface area contributed by atoms with E-state index >= 15 is 0 Å². The minimum atomic E-state index is 0.762. The van der Waals surface area contributed by atoms with E-state index in [1.807, 2.05) is 13.8 Å². The van der Waals surface area contributed by atoms with Crippen molar-refractivity contribution < 1.29 is 0 Å². The summed E-state index contributed by atoms with van der Waals surface area (Å²) in [6.07, 6.45) is 18.6. The smallest absolute Gasteiger partial charge is 0.0622 e. The van der Waals surface area contributed by atoms with E-state index in [4.69, 9.17) is 0 Å². The van der Waals surface area contributed by atoms with Crippen LogP contribution in [0, 0.1) is 13.8 Å².